The smallest absolute Gasteiger partial charge is 0.142 e. The number of thiol groups is 4. The Kier molecular flexibility index (Phi) is 9.63. The molecule has 4 aromatic rings. The lowest BCUT2D eigenvalue weighted by Crippen LogP contribution is -2.18. The molecule has 0 radical (unpaired) electrons. The number of rotatable bonds is 8. The zero-order chi connectivity index (χ0) is 23.3. The Morgan fingerprint density at radius 1 is 0.364 bits per heavy atom. The highest BCUT2D eigenvalue weighted by molar-refractivity contribution is 9.00. The van der Waals surface area contributed by atoms with Gasteiger partial charge in [-0.05, 0) is 48.5 Å². The molecule has 0 aromatic heterocycles. The second-order valence-electron chi connectivity index (χ2n) is 6.78. The maximum absolute atomic E-state index is 4.78. The third-order valence-electron chi connectivity index (χ3n) is 4.40. The summed E-state index contributed by atoms with van der Waals surface area (Å²) in [5.41, 5.74) is 0. The minimum absolute atomic E-state index is 0.985. The van der Waals surface area contributed by atoms with Crippen molar-refractivity contribution >= 4 is 100 Å². The average Bonchev–Trinajstić information content (AvgIpc) is 2.80. The maximum Gasteiger partial charge on any atom is 0.319 e. The summed E-state index contributed by atoms with van der Waals surface area (Å²) in [5, 5.41) is 0. The van der Waals surface area contributed by atoms with E-state index in [1.54, 1.807) is 0 Å². The normalized spacial score (nSPS) is 11.5. The summed E-state index contributed by atoms with van der Waals surface area (Å²) in [5.74, 6) is 0. The molecule has 0 nitrogen and oxygen atoms in total. The van der Waals surface area contributed by atoms with Crippen molar-refractivity contribution in [2.24, 2.45) is 0 Å². The van der Waals surface area contributed by atoms with E-state index in [4.69, 9.17) is 50.5 Å². The van der Waals surface area contributed by atoms with Crippen LogP contribution >= 0.6 is 95.4 Å². The molecule has 0 amide bonds. The van der Waals surface area contributed by atoms with Crippen LogP contribution < -0.4 is 0 Å². The molecular weight excluding hydrogens is 573 g/mol. The third-order valence-corrected chi connectivity index (χ3v) is 24.5. The van der Waals surface area contributed by atoms with Gasteiger partial charge in [0, 0.05) is 39.2 Å². The fourth-order valence-corrected chi connectivity index (χ4v) is 25.7. The largest absolute Gasteiger partial charge is 0.319 e. The van der Waals surface area contributed by atoms with Gasteiger partial charge in [-0.1, -0.05) is 48.5 Å². The molecule has 4 aromatic carbocycles. The van der Waals surface area contributed by atoms with Crippen molar-refractivity contribution in [3.05, 3.63) is 97.1 Å². The molecule has 0 aliphatic carbocycles. The van der Waals surface area contributed by atoms with Crippen molar-refractivity contribution in [3.8, 4) is 0 Å². The molecule has 168 valence electrons. The first-order chi connectivity index (χ1) is 16.0. The van der Waals surface area contributed by atoms with Crippen molar-refractivity contribution in [2.75, 3.05) is 0 Å². The van der Waals surface area contributed by atoms with Gasteiger partial charge in [-0.25, -0.2) is 0 Å². The fraction of sp³-hybridized carbons (Fsp3) is 0. The van der Waals surface area contributed by atoms with Crippen LogP contribution in [0.5, 0.6) is 0 Å². The topological polar surface area (TPSA) is 0 Å². The zero-order valence-electron chi connectivity index (χ0n) is 17.2. The van der Waals surface area contributed by atoms with E-state index >= 15 is 0 Å². The Hall–Kier alpha value is -0.103. The third kappa shape index (κ3) is 6.98. The van der Waals surface area contributed by atoms with Gasteiger partial charge in [0.2, 0.25) is 0 Å². The van der Waals surface area contributed by atoms with Gasteiger partial charge in [0.1, 0.15) is 0 Å². The van der Waals surface area contributed by atoms with Crippen LogP contribution in [0.2, 0.25) is 0 Å². The number of hydrogen-bond donors (Lipinski definition) is 4. The standard InChI is InChI=1S/C24H20S8Si/c25-17-9-1-5-13-21(17)29-33(30-22-14-6-2-10-18(22)26,31-23-15-7-3-11-19(23)27)32-24-16-8-4-12-20(24)28/h1-16,25-28H. The van der Waals surface area contributed by atoms with Gasteiger partial charge in [0.05, 0.1) is 0 Å². The first kappa shape index (κ1) is 26.0. The Balaban J connectivity index is 1.86. The van der Waals surface area contributed by atoms with Crippen LogP contribution in [0.1, 0.15) is 0 Å². The van der Waals surface area contributed by atoms with E-state index in [-0.39, 0.29) is 0 Å². The van der Waals surface area contributed by atoms with E-state index in [2.05, 4.69) is 72.8 Å². The van der Waals surface area contributed by atoms with Gasteiger partial charge in [-0.2, -0.15) is 0 Å². The summed E-state index contributed by atoms with van der Waals surface area (Å²) in [6.07, 6.45) is 0. The quantitative estimate of drug-likeness (QED) is 0.119. The highest BCUT2D eigenvalue weighted by Gasteiger charge is 2.42. The maximum atomic E-state index is 4.78. The Morgan fingerprint density at radius 2 is 0.576 bits per heavy atom. The predicted octanol–water partition coefficient (Wildman–Crippen LogP) is 9.75. The first-order valence-electron chi connectivity index (χ1n) is 9.84. The summed E-state index contributed by atoms with van der Waals surface area (Å²) in [6.45, 7) is 0. The van der Waals surface area contributed by atoms with Crippen LogP contribution in [-0.4, -0.2) is 4.67 Å². The van der Waals surface area contributed by atoms with Crippen molar-refractivity contribution in [1.82, 2.24) is 0 Å². The molecule has 0 N–H and O–H groups in total. The SMILES string of the molecule is Sc1ccccc1S[Si](Sc1ccccc1S)(Sc1ccccc1S)Sc1ccccc1S. The molecular formula is C24H20S8Si. The van der Waals surface area contributed by atoms with Crippen molar-refractivity contribution in [1.29, 1.82) is 0 Å². The van der Waals surface area contributed by atoms with Crippen molar-refractivity contribution < 1.29 is 0 Å². The van der Waals surface area contributed by atoms with Crippen LogP contribution in [0.3, 0.4) is 0 Å². The van der Waals surface area contributed by atoms with Crippen LogP contribution in [-0.2, 0) is 0 Å². The van der Waals surface area contributed by atoms with E-state index in [9.17, 15) is 0 Å². The monoisotopic (exact) mass is 592 g/mol. The second-order valence-corrected chi connectivity index (χ2v) is 26.7. The highest BCUT2D eigenvalue weighted by atomic mass is 32.9. The molecule has 9 heteroatoms. The lowest BCUT2D eigenvalue weighted by Gasteiger charge is -2.30. The Bertz CT molecular complexity index is 1050. The summed E-state index contributed by atoms with van der Waals surface area (Å²) in [6, 6.07) is 33.2. The Labute approximate surface area is 234 Å². The second kappa shape index (κ2) is 12.2. The number of hydrogen-bond acceptors (Lipinski definition) is 8. The molecule has 33 heavy (non-hydrogen) atoms. The molecule has 0 aliphatic rings. The molecule has 0 fully saturated rings. The molecule has 0 bridgehead atoms. The van der Waals surface area contributed by atoms with Crippen LogP contribution in [0.15, 0.2) is 136 Å². The van der Waals surface area contributed by atoms with Crippen LogP contribution in [0, 0.1) is 0 Å². The van der Waals surface area contributed by atoms with Gasteiger partial charge in [0.25, 0.3) is 0 Å². The van der Waals surface area contributed by atoms with E-state index < -0.39 is 4.67 Å². The number of benzene rings is 4. The molecule has 0 unspecified atom stereocenters. The molecule has 0 aliphatic heterocycles. The van der Waals surface area contributed by atoms with Gasteiger partial charge < -0.3 is 0 Å². The van der Waals surface area contributed by atoms with Gasteiger partial charge >= 0.3 is 4.67 Å². The van der Waals surface area contributed by atoms with Gasteiger partial charge in [-0.3, -0.25) is 0 Å². The fourth-order valence-electron chi connectivity index (χ4n) is 2.84. The van der Waals surface area contributed by atoms with E-state index in [1.807, 2.05) is 69.1 Å². The predicted molar refractivity (Wildman–Crippen MR) is 164 cm³/mol. The van der Waals surface area contributed by atoms with Crippen LogP contribution in [0.25, 0.3) is 0 Å². The summed E-state index contributed by atoms with van der Waals surface area (Å²) < 4.78 is -2.41. The minimum atomic E-state index is -2.41. The van der Waals surface area contributed by atoms with E-state index in [0.717, 1.165) is 19.6 Å². The minimum Gasteiger partial charge on any atom is -0.142 e. The van der Waals surface area contributed by atoms with Gasteiger partial charge in [-0.15, -0.1) is 95.4 Å². The molecule has 0 heterocycles. The molecule has 0 spiro atoms. The molecule has 0 atom stereocenters. The van der Waals surface area contributed by atoms with Crippen LogP contribution in [0.4, 0.5) is 0 Å². The molecule has 0 saturated carbocycles. The lowest BCUT2D eigenvalue weighted by atomic mass is 10.4. The van der Waals surface area contributed by atoms with E-state index in [0.29, 0.717) is 0 Å². The highest BCUT2D eigenvalue weighted by Crippen LogP contribution is 2.61. The lowest BCUT2D eigenvalue weighted by molar-refractivity contribution is 1.26. The first-order valence-corrected chi connectivity index (χ1v) is 19.8. The van der Waals surface area contributed by atoms with Gasteiger partial charge in [0.15, 0.2) is 0 Å². The molecule has 4 rings (SSSR count). The van der Waals surface area contributed by atoms with E-state index in [1.165, 1.54) is 19.6 Å². The average molecular weight is 593 g/mol. The Morgan fingerprint density at radius 3 is 0.788 bits per heavy atom. The summed E-state index contributed by atoms with van der Waals surface area (Å²) in [7, 11) is 0. The molecule has 0 saturated heterocycles. The van der Waals surface area contributed by atoms with Crippen molar-refractivity contribution in [2.45, 2.75) is 39.2 Å². The van der Waals surface area contributed by atoms with Crippen molar-refractivity contribution in [3.63, 3.8) is 0 Å². The zero-order valence-corrected chi connectivity index (χ0v) is 25.0. The summed E-state index contributed by atoms with van der Waals surface area (Å²) in [4.78, 5) is 8.62. The summed E-state index contributed by atoms with van der Waals surface area (Å²) >= 11 is 26.8.